The largest absolute Gasteiger partial charge is 0.508 e. The summed E-state index contributed by atoms with van der Waals surface area (Å²) in [5.74, 6) is -4.82. The Hall–Kier alpha value is -3.38. The number of hydrogen-bond acceptors (Lipinski definition) is 4. The normalized spacial score (nSPS) is 15.6. The maximum absolute atomic E-state index is 14.6. The average Bonchev–Trinajstić information content (AvgIpc) is 3.26. The van der Waals surface area contributed by atoms with Gasteiger partial charge in [0, 0.05) is 22.9 Å². The molecule has 1 aliphatic carbocycles. The van der Waals surface area contributed by atoms with Gasteiger partial charge in [0.1, 0.15) is 17.6 Å². The molecule has 3 aromatic rings. The number of phenolic OH excluding ortho intramolecular Hbond substituents is 2. The summed E-state index contributed by atoms with van der Waals surface area (Å²) in [6.45, 7) is 0. The molecule has 0 spiro atoms. The second-order valence-electron chi connectivity index (χ2n) is 6.66. The van der Waals surface area contributed by atoms with E-state index >= 15 is 0 Å². The van der Waals surface area contributed by atoms with Gasteiger partial charge in [0.2, 0.25) is 0 Å². The van der Waals surface area contributed by atoms with Crippen LogP contribution in [0.15, 0.2) is 35.0 Å². The molecule has 1 aromatic heterocycles. The van der Waals surface area contributed by atoms with Crippen molar-refractivity contribution in [2.24, 2.45) is 0 Å². The number of allylic oxidation sites excluding steroid dienone is 1. The van der Waals surface area contributed by atoms with Crippen LogP contribution in [-0.4, -0.2) is 10.2 Å². The Kier molecular flexibility index (Phi) is 4.55. The number of nitriles is 1. The molecule has 1 heterocycles. The van der Waals surface area contributed by atoms with Gasteiger partial charge in [-0.05, 0) is 51.9 Å². The Morgan fingerprint density at radius 1 is 0.967 bits per heavy atom. The molecule has 4 rings (SSSR count). The van der Waals surface area contributed by atoms with E-state index in [0.29, 0.717) is 23.8 Å². The zero-order chi connectivity index (χ0) is 21.8. The first kappa shape index (κ1) is 19.9. The number of nitrogens with zero attached hydrogens (tertiary/aromatic N) is 1. The van der Waals surface area contributed by atoms with Crippen LogP contribution in [-0.2, 0) is 6.18 Å². The van der Waals surface area contributed by atoms with Gasteiger partial charge < -0.3 is 10.2 Å². The van der Waals surface area contributed by atoms with Crippen molar-refractivity contribution in [3.8, 4) is 17.6 Å². The smallest absolute Gasteiger partial charge is 0.417 e. The summed E-state index contributed by atoms with van der Waals surface area (Å²) in [7, 11) is 0. The highest BCUT2D eigenvalue weighted by molar-refractivity contribution is 7.08. The molecule has 1 unspecified atom stereocenters. The average molecular weight is 435 g/mol. The molecule has 1 aliphatic rings. The van der Waals surface area contributed by atoms with Crippen LogP contribution in [0.2, 0.25) is 0 Å². The summed E-state index contributed by atoms with van der Waals surface area (Å²) in [6, 6.07) is 4.84. The summed E-state index contributed by atoms with van der Waals surface area (Å²) < 4.78 is 69.4. The highest BCUT2D eigenvalue weighted by Gasteiger charge is 2.40. The molecule has 2 aromatic carbocycles. The number of aromatic hydroxyl groups is 2. The van der Waals surface area contributed by atoms with E-state index in [-0.39, 0.29) is 27.8 Å². The van der Waals surface area contributed by atoms with Crippen LogP contribution < -0.4 is 0 Å². The van der Waals surface area contributed by atoms with Gasteiger partial charge in [-0.1, -0.05) is 0 Å². The minimum atomic E-state index is -4.81. The maximum Gasteiger partial charge on any atom is 0.417 e. The second kappa shape index (κ2) is 6.85. The van der Waals surface area contributed by atoms with Crippen molar-refractivity contribution in [3.63, 3.8) is 0 Å². The van der Waals surface area contributed by atoms with Crippen molar-refractivity contribution in [2.75, 3.05) is 0 Å². The maximum atomic E-state index is 14.6. The van der Waals surface area contributed by atoms with Gasteiger partial charge in [0.25, 0.3) is 0 Å². The van der Waals surface area contributed by atoms with Gasteiger partial charge in [-0.2, -0.15) is 29.8 Å². The van der Waals surface area contributed by atoms with E-state index in [4.69, 9.17) is 0 Å². The molecule has 0 radical (unpaired) electrons. The number of hydrogen-bond donors (Lipinski definition) is 2. The van der Waals surface area contributed by atoms with Gasteiger partial charge in [0.15, 0.2) is 11.6 Å². The first-order valence-electron chi connectivity index (χ1n) is 8.42. The molecule has 0 aliphatic heterocycles. The van der Waals surface area contributed by atoms with E-state index in [1.54, 1.807) is 0 Å². The van der Waals surface area contributed by atoms with Crippen molar-refractivity contribution in [3.05, 3.63) is 80.0 Å². The number of halogens is 5. The number of rotatable bonds is 2. The Balaban J connectivity index is 2.05. The van der Waals surface area contributed by atoms with Crippen molar-refractivity contribution in [1.82, 2.24) is 0 Å². The molecule has 3 nitrogen and oxygen atoms in total. The Morgan fingerprint density at radius 3 is 2.37 bits per heavy atom. The molecule has 0 amide bonds. The molecular weight excluding hydrogens is 425 g/mol. The number of alkyl halides is 3. The minimum Gasteiger partial charge on any atom is -0.508 e. The van der Waals surface area contributed by atoms with Gasteiger partial charge in [-0.15, -0.1) is 0 Å². The van der Waals surface area contributed by atoms with Crippen LogP contribution in [0.3, 0.4) is 0 Å². The van der Waals surface area contributed by atoms with E-state index in [0.717, 1.165) is 23.5 Å². The third kappa shape index (κ3) is 3.09. The van der Waals surface area contributed by atoms with Crippen LogP contribution in [0.1, 0.15) is 39.3 Å². The zero-order valence-corrected chi connectivity index (χ0v) is 15.6. The monoisotopic (exact) mass is 435 g/mol. The SMILES string of the molecule is N#Cc1cscc1C1C(c2cc(F)c(O)cc2F)=Cc2c1cc(O)cc2C(F)(F)F. The highest BCUT2D eigenvalue weighted by Crippen LogP contribution is 2.52. The van der Waals surface area contributed by atoms with Crippen LogP contribution in [0, 0.1) is 23.0 Å². The summed E-state index contributed by atoms with van der Waals surface area (Å²) in [6.07, 6.45) is -3.74. The summed E-state index contributed by atoms with van der Waals surface area (Å²) in [5, 5.41) is 31.7. The van der Waals surface area contributed by atoms with E-state index in [1.165, 1.54) is 10.8 Å². The van der Waals surface area contributed by atoms with E-state index in [2.05, 4.69) is 0 Å². The van der Waals surface area contributed by atoms with Gasteiger partial charge in [-0.25, -0.2) is 8.78 Å². The molecule has 0 bridgehead atoms. The molecule has 30 heavy (non-hydrogen) atoms. The fourth-order valence-corrected chi connectivity index (χ4v) is 4.45. The lowest BCUT2D eigenvalue weighted by atomic mass is 9.84. The predicted octanol–water partition coefficient (Wildman–Crippen LogP) is 6.01. The Bertz CT molecular complexity index is 1250. The van der Waals surface area contributed by atoms with Crippen LogP contribution in [0.4, 0.5) is 22.0 Å². The molecule has 1 atom stereocenters. The van der Waals surface area contributed by atoms with Gasteiger partial charge >= 0.3 is 6.18 Å². The molecular formula is C21H10F5NO2S. The molecule has 9 heteroatoms. The summed E-state index contributed by atoms with van der Waals surface area (Å²) in [5.41, 5.74) is -1.32. The first-order valence-corrected chi connectivity index (χ1v) is 9.36. The van der Waals surface area contributed by atoms with Crippen LogP contribution >= 0.6 is 11.3 Å². The van der Waals surface area contributed by atoms with Gasteiger partial charge in [-0.3, -0.25) is 0 Å². The van der Waals surface area contributed by atoms with Gasteiger partial charge in [0.05, 0.1) is 11.1 Å². The topological polar surface area (TPSA) is 64.2 Å². The fourth-order valence-electron chi connectivity index (χ4n) is 3.65. The number of benzene rings is 2. The first-order chi connectivity index (χ1) is 14.1. The molecule has 0 saturated carbocycles. The van der Waals surface area contributed by atoms with Crippen molar-refractivity contribution in [2.45, 2.75) is 12.1 Å². The third-order valence-electron chi connectivity index (χ3n) is 4.89. The number of fused-ring (bicyclic) bond motifs is 1. The van der Waals surface area contributed by atoms with E-state index in [9.17, 15) is 37.4 Å². The summed E-state index contributed by atoms with van der Waals surface area (Å²) in [4.78, 5) is 0. The van der Waals surface area contributed by atoms with Crippen LogP contribution in [0.5, 0.6) is 11.5 Å². The summed E-state index contributed by atoms with van der Waals surface area (Å²) >= 11 is 1.13. The number of phenols is 2. The quantitative estimate of drug-likeness (QED) is 0.485. The molecule has 152 valence electrons. The van der Waals surface area contributed by atoms with Crippen molar-refractivity contribution in [1.29, 1.82) is 5.26 Å². The van der Waals surface area contributed by atoms with Crippen LogP contribution in [0.25, 0.3) is 11.6 Å². The molecule has 2 N–H and O–H groups in total. The predicted molar refractivity (Wildman–Crippen MR) is 99.9 cm³/mol. The third-order valence-corrected chi connectivity index (χ3v) is 5.66. The fraction of sp³-hybridized carbons (Fsp3) is 0.0952. The molecule has 0 saturated heterocycles. The standard InChI is InChI=1S/C21H10F5NO2S/c22-17-5-19(29)18(23)4-12(17)14-3-11-13(1-10(28)2-16(11)21(24,25)26)20(14)15-8-30-7-9(15)6-27/h1-5,7-8,20,28-29H. The lowest BCUT2D eigenvalue weighted by Gasteiger charge is -2.19. The number of thiophene rings is 1. The highest BCUT2D eigenvalue weighted by atomic mass is 32.1. The Labute approximate surface area is 170 Å². The molecule has 0 fully saturated rings. The van der Waals surface area contributed by atoms with Crippen molar-refractivity contribution >= 4 is 23.0 Å². The lowest BCUT2D eigenvalue weighted by Crippen LogP contribution is -2.09. The van der Waals surface area contributed by atoms with E-state index in [1.807, 2.05) is 6.07 Å². The van der Waals surface area contributed by atoms with E-state index < -0.39 is 40.8 Å². The Morgan fingerprint density at radius 2 is 1.70 bits per heavy atom. The van der Waals surface area contributed by atoms with Crippen molar-refractivity contribution < 1.29 is 32.2 Å². The zero-order valence-electron chi connectivity index (χ0n) is 14.8. The lowest BCUT2D eigenvalue weighted by molar-refractivity contribution is -0.137. The minimum absolute atomic E-state index is 0.0140. The second-order valence-corrected chi connectivity index (χ2v) is 7.41.